The maximum atomic E-state index is 8.63. The predicted octanol–water partition coefficient (Wildman–Crippen LogP) is 0.500. The fourth-order valence-electron chi connectivity index (χ4n) is 0.974. The number of nitrogens with zero attached hydrogens (tertiary/aromatic N) is 3. The van der Waals surface area contributed by atoms with E-state index >= 15 is 0 Å². The molecule has 0 unspecified atom stereocenters. The molecule has 0 saturated heterocycles. The third kappa shape index (κ3) is 1.07. The molecule has 0 aliphatic rings. The first-order chi connectivity index (χ1) is 5.57. The largest absolute Gasteiger partial charge is 0.383 e. The molecule has 12 heavy (non-hydrogen) atoms. The van der Waals surface area contributed by atoms with Crippen molar-refractivity contribution in [3.8, 4) is 6.07 Å². The first-order valence-electron chi connectivity index (χ1n) is 3.61. The zero-order chi connectivity index (χ0) is 9.30. The van der Waals surface area contributed by atoms with E-state index in [0.717, 1.165) is 0 Å². The van der Waals surface area contributed by atoms with Gasteiger partial charge < -0.3 is 11.5 Å². The second-order valence-electron chi connectivity index (χ2n) is 2.80. The molecule has 0 amide bonds. The van der Waals surface area contributed by atoms with Gasteiger partial charge in [-0.2, -0.15) is 10.4 Å². The van der Waals surface area contributed by atoms with Gasteiger partial charge >= 0.3 is 0 Å². The Bertz CT molecular complexity index is 330. The van der Waals surface area contributed by atoms with Gasteiger partial charge in [0.15, 0.2) is 5.82 Å². The summed E-state index contributed by atoms with van der Waals surface area (Å²) in [6.07, 6.45) is 0. The van der Waals surface area contributed by atoms with Crippen LogP contribution in [0.5, 0.6) is 0 Å². The van der Waals surface area contributed by atoms with Gasteiger partial charge in [0, 0.05) is 6.04 Å². The monoisotopic (exact) mass is 165 g/mol. The van der Waals surface area contributed by atoms with Gasteiger partial charge in [-0.25, -0.2) is 4.68 Å². The molecule has 0 spiro atoms. The molecule has 0 aromatic carbocycles. The molecule has 0 atom stereocenters. The molecule has 1 rings (SSSR count). The Balaban J connectivity index is 3.29. The van der Waals surface area contributed by atoms with E-state index in [-0.39, 0.29) is 17.4 Å². The number of hydrogen-bond acceptors (Lipinski definition) is 4. The van der Waals surface area contributed by atoms with Crippen LogP contribution in [0.3, 0.4) is 0 Å². The highest BCUT2D eigenvalue weighted by Crippen LogP contribution is 2.20. The SMILES string of the molecule is CC(C)n1nc(N)c(C#N)c1N. The van der Waals surface area contributed by atoms with Gasteiger partial charge in [-0.1, -0.05) is 0 Å². The van der Waals surface area contributed by atoms with Crippen LogP contribution in [0.2, 0.25) is 0 Å². The normalized spacial score (nSPS) is 10.2. The van der Waals surface area contributed by atoms with Crippen LogP contribution in [0.25, 0.3) is 0 Å². The van der Waals surface area contributed by atoms with Gasteiger partial charge in [0.25, 0.3) is 0 Å². The summed E-state index contributed by atoms with van der Waals surface area (Å²) < 4.78 is 1.54. The van der Waals surface area contributed by atoms with Crippen molar-refractivity contribution < 1.29 is 0 Å². The molecule has 0 fully saturated rings. The van der Waals surface area contributed by atoms with Gasteiger partial charge in [-0.3, -0.25) is 0 Å². The van der Waals surface area contributed by atoms with E-state index in [9.17, 15) is 0 Å². The van der Waals surface area contributed by atoms with Crippen molar-refractivity contribution >= 4 is 11.6 Å². The van der Waals surface area contributed by atoms with Crippen LogP contribution in [0.4, 0.5) is 11.6 Å². The standard InChI is InChI=1S/C7H11N5/c1-4(2)12-7(10)5(3-8)6(9)11-12/h4H,10H2,1-2H3,(H2,9,11). The lowest BCUT2D eigenvalue weighted by Crippen LogP contribution is -2.07. The molecule has 1 aromatic rings. The highest BCUT2D eigenvalue weighted by atomic mass is 15.3. The Kier molecular flexibility index (Phi) is 1.92. The van der Waals surface area contributed by atoms with E-state index in [4.69, 9.17) is 16.7 Å². The average molecular weight is 165 g/mol. The number of rotatable bonds is 1. The van der Waals surface area contributed by atoms with Crippen LogP contribution >= 0.6 is 0 Å². The fourth-order valence-corrected chi connectivity index (χ4v) is 0.974. The van der Waals surface area contributed by atoms with Crippen molar-refractivity contribution in [2.24, 2.45) is 0 Å². The molecule has 0 radical (unpaired) electrons. The highest BCUT2D eigenvalue weighted by Gasteiger charge is 2.13. The van der Waals surface area contributed by atoms with Crippen LogP contribution in [-0.2, 0) is 0 Å². The summed E-state index contributed by atoms with van der Waals surface area (Å²) in [5, 5.41) is 12.6. The Morgan fingerprint density at radius 3 is 2.33 bits per heavy atom. The molecular formula is C7H11N5. The average Bonchev–Trinajstić information content (AvgIpc) is 2.27. The number of hydrogen-bond donors (Lipinski definition) is 2. The molecule has 1 heterocycles. The summed E-state index contributed by atoms with van der Waals surface area (Å²) in [6, 6.07) is 2.03. The topological polar surface area (TPSA) is 93.6 Å². The number of nitrogen functional groups attached to an aromatic ring is 2. The molecule has 0 aliphatic carbocycles. The second kappa shape index (κ2) is 2.74. The number of nitrogens with two attached hydrogens (primary N) is 2. The van der Waals surface area contributed by atoms with Gasteiger partial charge in [-0.05, 0) is 13.8 Å². The lowest BCUT2D eigenvalue weighted by molar-refractivity contribution is 0.542. The van der Waals surface area contributed by atoms with Crippen molar-refractivity contribution in [1.29, 1.82) is 5.26 Å². The maximum Gasteiger partial charge on any atom is 0.165 e. The lowest BCUT2D eigenvalue weighted by atomic mass is 10.3. The smallest absolute Gasteiger partial charge is 0.165 e. The summed E-state index contributed by atoms with van der Waals surface area (Å²) in [6.45, 7) is 3.84. The number of aromatic nitrogens is 2. The van der Waals surface area contributed by atoms with Gasteiger partial charge in [0.05, 0.1) is 0 Å². The summed E-state index contributed by atoms with van der Waals surface area (Å²) >= 11 is 0. The van der Waals surface area contributed by atoms with Crippen LogP contribution in [0.1, 0.15) is 25.5 Å². The molecule has 0 bridgehead atoms. The highest BCUT2D eigenvalue weighted by molar-refractivity contribution is 5.61. The summed E-state index contributed by atoms with van der Waals surface area (Å²) in [5.74, 6) is 0.536. The van der Waals surface area contributed by atoms with Gasteiger partial charge in [-0.15, -0.1) is 0 Å². The minimum Gasteiger partial charge on any atom is -0.383 e. The Labute approximate surface area is 70.6 Å². The molecule has 64 valence electrons. The van der Waals surface area contributed by atoms with Gasteiger partial charge in [0.1, 0.15) is 17.5 Å². The van der Waals surface area contributed by atoms with Crippen LogP contribution < -0.4 is 11.5 Å². The summed E-state index contributed by atoms with van der Waals surface area (Å²) in [5.41, 5.74) is 11.3. The second-order valence-corrected chi connectivity index (χ2v) is 2.80. The third-order valence-electron chi connectivity index (χ3n) is 1.58. The van der Waals surface area contributed by atoms with Crippen molar-refractivity contribution in [1.82, 2.24) is 9.78 Å². The molecular weight excluding hydrogens is 154 g/mol. The van der Waals surface area contributed by atoms with E-state index < -0.39 is 0 Å². The van der Waals surface area contributed by atoms with Crippen molar-refractivity contribution in [2.45, 2.75) is 19.9 Å². The van der Waals surface area contributed by atoms with Crippen LogP contribution in [0.15, 0.2) is 0 Å². The summed E-state index contributed by atoms with van der Waals surface area (Å²) in [7, 11) is 0. The first-order valence-corrected chi connectivity index (χ1v) is 3.61. The maximum absolute atomic E-state index is 8.63. The minimum atomic E-state index is 0.120. The Hall–Kier alpha value is -1.70. The van der Waals surface area contributed by atoms with Crippen LogP contribution in [0, 0.1) is 11.3 Å². The van der Waals surface area contributed by atoms with Gasteiger partial charge in [0.2, 0.25) is 0 Å². The Morgan fingerprint density at radius 1 is 1.50 bits per heavy atom. The first kappa shape index (κ1) is 8.40. The molecule has 5 nitrogen and oxygen atoms in total. The van der Waals surface area contributed by atoms with Crippen molar-refractivity contribution in [2.75, 3.05) is 11.5 Å². The van der Waals surface area contributed by atoms with E-state index in [1.54, 1.807) is 0 Å². The van der Waals surface area contributed by atoms with Crippen LogP contribution in [-0.4, -0.2) is 9.78 Å². The van der Waals surface area contributed by atoms with E-state index in [2.05, 4.69) is 5.10 Å². The fraction of sp³-hybridized carbons (Fsp3) is 0.429. The molecule has 1 aromatic heterocycles. The zero-order valence-electron chi connectivity index (χ0n) is 7.07. The number of nitriles is 1. The zero-order valence-corrected chi connectivity index (χ0v) is 7.07. The van der Waals surface area contributed by atoms with E-state index in [0.29, 0.717) is 5.82 Å². The molecule has 5 heteroatoms. The summed E-state index contributed by atoms with van der Waals surface area (Å²) in [4.78, 5) is 0. The third-order valence-corrected chi connectivity index (χ3v) is 1.58. The lowest BCUT2D eigenvalue weighted by Gasteiger charge is -2.05. The quantitative estimate of drug-likeness (QED) is 0.633. The minimum absolute atomic E-state index is 0.120. The van der Waals surface area contributed by atoms with Crippen molar-refractivity contribution in [3.63, 3.8) is 0 Å². The van der Waals surface area contributed by atoms with E-state index in [1.807, 2.05) is 19.9 Å². The predicted molar refractivity (Wildman–Crippen MR) is 46.2 cm³/mol. The molecule has 0 aliphatic heterocycles. The molecule has 0 saturated carbocycles. The number of anilines is 2. The molecule has 4 N–H and O–H groups in total. The van der Waals surface area contributed by atoms with E-state index in [1.165, 1.54) is 4.68 Å². The van der Waals surface area contributed by atoms with Crippen molar-refractivity contribution in [3.05, 3.63) is 5.56 Å². The Morgan fingerprint density at radius 2 is 2.08 bits per heavy atom.